The van der Waals surface area contributed by atoms with Crippen molar-refractivity contribution >= 4 is 17.9 Å². The molecule has 0 rings (SSSR count). The molecule has 110 valence electrons. The SMILES string of the molecule is COC(=O)CCCCCC(CC(=O)OC)C(=O)OC. The summed E-state index contributed by atoms with van der Waals surface area (Å²) in [5.41, 5.74) is 0. The van der Waals surface area contributed by atoms with Gasteiger partial charge in [0.15, 0.2) is 0 Å². The Morgan fingerprint density at radius 3 is 2.00 bits per heavy atom. The molecular formula is C13H22O6. The van der Waals surface area contributed by atoms with Gasteiger partial charge in [-0.2, -0.15) is 0 Å². The molecule has 6 nitrogen and oxygen atoms in total. The normalized spacial score (nSPS) is 11.5. The molecule has 0 spiro atoms. The van der Waals surface area contributed by atoms with E-state index in [1.54, 1.807) is 0 Å². The molecule has 0 heterocycles. The van der Waals surface area contributed by atoms with Gasteiger partial charge in [-0.3, -0.25) is 14.4 Å². The van der Waals surface area contributed by atoms with Gasteiger partial charge in [0.05, 0.1) is 33.7 Å². The van der Waals surface area contributed by atoms with Crippen LogP contribution in [0.15, 0.2) is 0 Å². The fourth-order valence-electron chi connectivity index (χ4n) is 1.69. The molecule has 0 amide bonds. The van der Waals surface area contributed by atoms with Crippen molar-refractivity contribution < 1.29 is 28.6 Å². The van der Waals surface area contributed by atoms with Gasteiger partial charge >= 0.3 is 17.9 Å². The molecular weight excluding hydrogens is 252 g/mol. The van der Waals surface area contributed by atoms with Crippen LogP contribution in [0.25, 0.3) is 0 Å². The number of hydrogen-bond donors (Lipinski definition) is 0. The molecule has 0 aliphatic carbocycles. The number of methoxy groups -OCH3 is 3. The lowest BCUT2D eigenvalue weighted by Gasteiger charge is -2.12. The first kappa shape index (κ1) is 17.4. The average molecular weight is 274 g/mol. The minimum atomic E-state index is -0.476. The van der Waals surface area contributed by atoms with Gasteiger partial charge < -0.3 is 14.2 Å². The van der Waals surface area contributed by atoms with E-state index in [0.717, 1.165) is 12.8 Å². The maximum absolute atomic E-state index is 11.5. The van der Waals surface area contributed by atoms with Crippen molar-refractivity contribution in [2.24, 2.45) is 5.92 Å². The van der Waals surface area contributed by atoms with E-state index in [1.807, 2.05) is 0 Å². The van der Waals surface area contributed by atoms with Crippen molar-refractivity contribution in [1.82, 2.24) is 0 Å². The third kappa shape index (κ3) is 8.18. The van der Waals surface area contributed by atoms with Crippen molar-refractivity contribution in [1.29, 1.82) is 0 Å². The molecule has 0 N–H and O–H groups in total. The lowest BCUT2D eigenvalue weighted by atomic mass is 9.97. The predicted octanol–water partition coefficient (Wildman–Crippen LogP) is 1.46. The van der Waals surface area contributed by atoms with Gasteiger partial charge in [-0.15, -0.1) is 0 Å². The molecule has 0 saturated carbocycles. The Labute approximate surface area is 113 Å². The Hall–Kier alpha value is -1.59. The summed E-state index contributed by atoms with van der Waals surface area (Å²) in [7, 11) is 3.93. The Kier molecular flexibility index (Phi) is 9.48. The molecule has 0 aliphatic rings. The molecule has 19 heavy (non-hydrogen) atoms. The Balaban J connectivity index is 3.96. The van der Waals surface area contributed by atoms with Crippen LogP contribution in [-0.2, 0) is 28.6 Å². The molecule has 0 saturated heterocycles. The van der Waals surface area contributed by atoms with Crippen LogP contribution < -0.4 is 0 Å². The first-order valence-electron chi connectivity index (χ1n) is 6.26. The van der Waals surface area contributed by atoms with E-state index in [9.17, 15) is 14.4 Å². The smallest absolute Gasteiger partial charge is 0.309 e. The summed E-state index contributed by atoms with van der Waals surface area (Å²) in [6, 6.07) is 0. The van der Waals surface area contributed by atoms with E-state index >= 15 is 0 Å². The van der Waals surface area contributed by atoms with Crippen molar-refractivity contribution in [3.8, 4) is 0 Å². The highest BCUT2D eigenvalue weighted by molar-refractivity contribution is 5.79. The predicted molar refractivity (Wildman–Crippen MR) is 67.2 cm³/mol. The standard InChI is InChI=1S/C13H22O6/c1-17-11(14)8-6-4-5-7-10(13(16)19-3)9-12(15)18-2/h10H,4-9H2,1-3H3. The third-order valence-electron chi connectivity index (χ3n) is 2.84. The second kappa shape index (κ2) is 10.3. The fourth-order valence-corrected chi connectivity index (χ4v) is 1.69. The van der Waals surface area contributed by atoms with Gasteiger partial charge in [0.25, 0.3) is 0 Å². The molecule has 0 aliphatic heterocycles. The largest absolute Gasteiger partial charge is 0.469 e. The highest BCUT2D eigenvalue weighted by Crippen LogP contribution is 2.16. The number of ether oxygens (including phenoxy) is 3. The Morgan fingerprint density at radius 2 is 1.47 bits per heavy atom. The van der Waals surface area contributed by atoms with Crippen LogP contribution in [0, 0.1) is 5.92 Å². The number of rotatable bonds is 9. The first-order valence-corrected chi connectivity index (χ1v) is 6.26. The minimum Gasteiger partial charge on any atom is -0.469 e. The molecule has 0 bridgehead atoms. The molecule has 0 aromatic rings. The van der Waals surface area contributed by atoms with Crippen molar-refractivity contribution in [3.63, 3.8) is 0 Å². The summed E-state index contributed by atoms with van der Waals surface area (Å²) in [5.74, 6) is -1.54. The third-order valence-corrected chi connectivity index (χ3v) is 2.84. The fraction of sp³-hybridized carbons (Fsp3) is 0.769. The number of esters is 3. The minimum absolute atomic E-state index is 0.0280. The van der Waals surface area contributed by atoms with Crippen molar-refractivity contribution in [2.75, 3.05) is 21.3 Å². The zero-order valence-electron chi connectivity index (χ0n) is 11.8. The maximum Gasteiger partial charge on any atom is 0.309 e. The number of hydrogen-bond acceptors (Lipinski definition) is 6. The number of carbonyl (C=O) groups excluding carboxylic acids is 3. The summed E-state index contributed by atoms with van der Waals surface area (Å²) in [5, 5.41) is 0. The summed E-state index contributed by atoms with van der Waals surface area (Å²) in [6.45, 7) is 0. The van der Waals surface area contributed by atoms with E-state index in [0.29, 0.717) is 19.3 Å². The second-order valence-electron chi connectivity index (χ2n) is 4.18. The van der Waals surface area contributed by atoms with Crippen LogP contribution in [0.4, 0.5) is 0 Å². The van der Waals surface area contributed by atoms with E-state index in [4.69, 9.17) is 0 Å². The van der Waals surface area contributed by atoms with E-state index < -0.39 is 17.9 Å². The van der Waals surface area contributed by atoms with Crippen LogP contribution in [0.1, 0.15) is 38.5 Å². The molecule has 1 atom stereocenters. The maximum atomic E-state index is 11.5. The van der Waals surface area contributed by atoms with Crippen molar-refractivity contribution in [3.05, 3.63) is 0 Å². The number of carbonyl (C=O) groups is 3. The average Bonchev–Trinajstić information content (AvgIpc) is 2.43. The molecule has 0 aromatic heterocycles. The molecule has 0 fully saturated rings. The summed E-state index contributed by atoms with van der Waals surface area (Å²) >= 11 is 0. The summed E-state index contributed by atoms with van der Waals surface area (Å²) in [4.78, 5) is 33.5. The van der Waals surface area contributed by atoms with Gasteiger partial charge in [0, 0.05) is 6.42 Å². The molecule has 6 heteroatoms. The van der Waals surface area contributed by atoms with Crippen LogP contribution >= 0.6 is 0 Å². The van der Waals surface area contributed by atoms with Crippen LogP contribution in [0.3, 0.4) is 0 Å². The summed E-state index contributed by atoms with van der Waals surface area (Å²) in [6.07, 6.45) is 3.19. The van der Waals surface area contributed by atoms with Gasteiger partial charge in [-0.1, -0.05) is 12.8 Å². The zero-order chi connectivity index (χ0) is 14.7. The van der Waals surface area contributed by atoms with Gasteiger partial charge in [0.2, 0.25) is 0 Å². The highest BCUT2D eigenvalue weighted by atomic mass is 16.5. The van der Waals surface area contributed by atoms with Crippen LogP contribution in [0.5, 0.6) is 0 Å². The van der Waals surface area contributed by atoms with E-state index in [-0.39, 0.29) is 12.4 Å². The first-order chi connectivity index (χ1) is 9.04. The molecule has 0 aromatic carbocycles. The lowest BCUT2D eigenvalue weighted by molar-refractivity contribution is -0.152. The number of unbranched alkanes of at least 4 members (excludes halogenated alkanes) is 2. The van der Waals surface area contributed by atoms with Gasteiger partial charge in [-0.05, 0) is 12.8 Å². The second-order valence-corrected chi connectivity index (χ2v) is 4.18. The Morgan fingerprint density at radius 1 is 0.842 bits per heavy atom. The quantitative estimate of drug-likeness (QED) is 0.360. The lowest BCUT2D eigenvalue weighted by Crippen LogP contribution is -2.20. The Bertz CT molecular complexity index is 300. The van der Waals surface area contributed by atoms with Gasteiger partial charge in [0.1, 0.15) is 0 Å². The van der Waals surface area contributed by atoms with Crippen LogP contribution in [-0.4, -0.2) is 39.2 Å². The van der Waals surface area contributed by atoms with Crippen LogP contribution in [0.2, 0.25) is 0 Å². The topological polar surface area (TPSA) is 78.9 Å². The molecule has 0 radical (unpaired) electrons. The van der Waals surface area contributed by atoms with Gasteiger partial charge in [-0.25, -0.2) is 0 Å². The van der Waals surface area contributed by atoms with E-state index in [1.165, 1.54) is 21.3 Å². The highest BCUT2D eigenvalue weighted by Gasteiger charge is 2.22. The van der Waals surface area contributed by atoms with E-state index in [2.05, 4.69) is 14.2 Å². The monoisotopic (exact) mass is 274 g/mol. The summed E-state index contributed by atoms with van der Waals surface area (Å²) < 4.78 is 13.7. The zero-order valence-corrected chi connectivity index (χ0v) is 11.8. The van der Waals surface area contributed by atoms with Crippen molar-refractivity contribution in [2.45, 2.75) is 38.5 Å². The molecule has 1 unspecified atom stereocenters.